The van der Waals surface area contributed by atoms with Gasteiger partial charge in [-0.2, -0.15) is 0 Å². The van der Waals surface area contributed by atoms with Gasteiger partial charge in [0.15, 0.2) is 0 Å². The molecule has 4 aromatic rings. The van der Waals surface area contributed by atoms with Crippen LogP contribution in [0.2, 0.25) is 0 Å². The molecule has 6 rings (SSSR count). The summed E-state index contributed by atoms with van der Waals surface area (Å²) < 4.78 is 63.1. The van der Waals surface area contributed by atoms with Gasteiger partial charge in [-0.1, -0.05) is 24.3 Å². The Bertz CT molecular complexity index is 2250. The van der Waals surface area contributed by atoms with Crippen LogP contribution in [0.4, 0.5) is 17.1 Å². The van der Waals surface area contributed by atoms with Crippen LogP contribution >= 0.6 is 0 Å². The van der Waals surface area contributed by atoms with Gasteiger partial charge in [0.1, 0.15) is 18.8 Å². The zero-order valence-electron chi connectivity index (χ0n) is 29.7. The van der Waals surface area contributed by atoms with Crippen LogP contribution in [0.5, 0.6) is 5.75 Å². The van der Waals surface area contributed by atoms with Crippen molar-refractivity contribution in [1.82, 2.24) is 10.2 Å². The number of hydrogen-bond acceptors (Lipinski definition) is 10. The molecule has 2 fully saturated rings. The number of amides is 3. The minimum atomic E-state index is -4.46. The number of benzene rings is 4. The largest absolute Gasteiger partial charge is 0.497 e. The first-order valence-corrected chi connectivity index (χ1v) is 20.2. The summed E-state index contributed by atoms with van der Waals surface area (Å²) >= 11 is 0. The normalized spacial score (nSPS) is 15.6. The third kappa shape index (κ3) is 8.13. The molecule has 0 saturated carbocycles. The molecule has 2 heterocycles. The third-order valence-electron chi connectivity index (χ3n) is 9.96. The minimum absolute atomic E-state index is 0.0311. The van der Waals surface area contributed by atoms with E-state index in [1.807, 2.05) is 0 Å². The topological polar surface area (TPSA) is 215 Å². The quantitative estimate of drug-likeness (QED) is 0.138. The number of hydrogen-bond donors (Lipinski definition) is 4. The minimum Gasteiger partial charge on any atom is -0.497 e. The van der Waals surface area contributed by atoms with Gasteiger partial charge in [0, 0.05) is 42.5 Å². The number of fused-ring (bicyclic) bond motifs is 1. The average Bonchev–Trinajstić information content (AvgIpc) is 3.14. The Kier molecular flexibility index (Phi) is 11.1. The molecule has 0 radical (unpaired) electrons. The molecule has 2 aliphatic heterocycles. The van der Waals surface area contributed by atoms with E-state index < -0.39 is 45.0 Å². The van der Waals surface area contributed by atoms with Crippen LogP contribution in [0.15, 0.2) is 94.7 Å². The number of primary amides is 2. The van der Waals surface area contributed by atoms with Crippen molar-refractivity contribution in [2.24, 2.45) is 16.9 Å². The summed E-state index contributed by atoms with van der Waals surface area (Å²) in [5, 5.41) is 6.67. The Morgan fingerprint density at radius 3 is 1.67 bits per heavy atom. The molecule has 4 aromatic carbocycles. The van der Waals surface area contributed by atoms with E-state index in [9.17, 15) is 31.2 Å². The van der Waals surface area contributed by atoms with Crippen molar-refractivity contribution in [3.8, 4) is 5.75 Å². The molecule has 0 bridgehead atoms. The van der Waals surface area contributed by atoms with Crippen molar-refractivity contribution in [2.45, 2.75) is 29.1 Å². The second kappa shape index (κ2) is 15.6. The van der Waals surface area contributed by atoms with Crippen molar-refractivity contribution in [1.29, 1.82) is 0 Å². The van der Waals surface area contributed by atoms with Crippen LogP contribution in [0.25, 0.3) is 10.8 Å². The summed E-state index contributed by atoms with van der Waals surface area (Å²) in [4.78, 5) is 39.3. The Morgan fingerprint density at radius 1 is 0.759 bits per heavy atom. The zero-order valence-corrected chi connectivity index (χ0v) is 31.4. The zero-order chi connectivity index (χ0) is 38.7. The van der Waals surface area contributed by atoms with Gasteiger partial charge in [-0.05, 0) is 92.0 Å². The molecular formula is C37H43N7O8S2. The number of piperidine rings is 1. The fraction of sp³-hybridized carbons (Fsp3) is 0.324. The van der Waals surface area contributed by atoms with E-state index in [0.29, 0.717) is 29.8 Å². The number of anilines is 3. The lowest BCUT2D eigenvalue weighted by molar-refractivity contribution is -0.117. The maximum absolute atomic E-state index is 14.2. The average molecular weight is 778 g/mol. The molecule has 0 aromatic heterocycles. The molecule has 0 unspecified atom stereocenters. The van der Waals surface area contributed by atoms with E-state index >= 15 is 0 Å². The van der Waals surface area contributed by atoms with Gasteiger partial charge in [-0.15, -0.1) is 0 Å². The number of carbonyl (C=O) groups is 3. The Balaban J connectivity index is 1.26. The van der Waals surface area contributed by atoms with E-state index in [-0.39, 0.29) is 37.8 Å². The molecule has 15 nitrogen and oxygen atoms in total. The summed E-state index contributed by atoms with van der Waals surface area (Å²) in [6, 6.07) is 20.2. The van der Waals surface area contributed by atoms with Gasteiger partial charge in [-0.25, -0.2) is 16.8 Å². The lowest BCUT2D eigenvalue weighted by Gasteiger charge is -2.48. The van der Waals surface area contributed by atoms with Crippen LogP contribution in [0, 0.1) is 5.41 Å². The van der Waals surface area contributed by atoms with Crippen LogP contribution in [-0.2, 0) is 34.4 Å². The van der Waals surface area contributed by atoms with Gasteiger partial charge in [-0.3, -0.25) is 23.0 Å². The number of rotatable bonds is 15. The summed E-state index contributed by atoms with van der Waals surface area (Å²) in [5.41, 5.74) is 12.0. The highest BCUT2D eigenvalue weighted by atomic mass is 32.2. The fourth-order valence-electron chi connectivity index (χ4n) is 6.86. The lowest BCUT2D eigenvalue weighted by Crippen LogP contribution is -2.58. The standard InChI is InChI=1S/C37H43N7O8S2/c1-52-27-8-12-29(13-9-27)54(50,51)44(23-35(39)46)33-15-14-32(30-4-2-3-5-31(30)33)43(22-34(38)45)53(48,49)28-10-6-26(7-11-28)41-36(47)16-19-42-20-17-37(18-21-42)24-40-25-37/h2-15,40H,16-25H2,1H3,(H2,38,45)(H2,39,46)(H,41,47). The van der Waals surface area contributed by atoms with Gasteiger partial charge < -0.3 is 31.7 Å². The first-order valence-electron chi connectivity index (χ1n) is 17.3. The van der Waals surface area contributed by atoms with E-state index in [2.05, 4.69) is 15.5 Å². The Labute approximate surface area is 314 Å². The van der Waals surface area contributed by atoms with Crippen molar-refractivity contribution in [3.05, 3.63) is 84.9 Å². The van der Waals surface area contributed by atoms with Crippen LogP contribution < -0.4 is 35.4 Å². The SMILES string of the molecule is COc1ccc(S(=O)(=O)N(CC(N)=O)c2ccc(N(CC(N)=O)S(=O)(=O)c3ccc(NC(=O)CCN4CCC5(CC4)CNC5)cc3)c3ccccc23)cc1. The monoisotopic (exact) mass is 777 g/mol. The van der Waals surface area contributed by atoms with E-state index in [1.165, 1.54) is 67.8 Å². The molecule has 0 aliphatic carbocycles. The predicted octanol–water partition coefficient (Wildman–Crippen LogP) is 2.22. The van der Waals surface area contributed by atoms with E-state index in [4.69, 9.17) is 16.2 Å². The summed E-state index contributed by atoms with van der Waals surface area (Å²) in [7, 11) is -7.40. The number of nitrogens with two attached hydrogens (primary N) is 2. The summed E-state index contributed by atoms with van der Waals surface area (Å²) in [6.07, 6.45) is 2.52. The highest BCUT2D eigenvalue weighted by Gasteiger charge is 2.39. The highest BCUT2D eigenvalue weighted by molar-refractivity contribution is 7.93. The third-order valence-corrected chi connectivity index (χ3v) is 13.5. The number of nitrogens with zero attached hydrogens (tertiary/aromatic N) is 3. The molecule has 3 amide bonds. The van der Waals surface area contributed by atoms with Crippen LogP contribution in [0.3, 0.4) is 0 Å². The molecule has 6 N–H and O–H groups in total. The molecule has 286 valence electrons. The van der Waals surface area contributed by atoms with E-state index in [1.54, 1.807) is 24.3 Å². The molecular weight excluding hydrogens is 735 g/mol. The number of likely N-dealkylation sites (tertiary alicyclic amines) is 1. The van der Waals surface area contributed by atoms with Crippen LogP contribution in [0.1, 0.15) is 19.3 Å². The fourth-order valence-corrected chi connectivity index (χ4v) is 9.76. The number of sulfonamides is 2. The Morgan fingerprint density at radius 2 is 1.24 bits per heavy atom. The molecule has 2 aliphatic rings. The second-order valence-electron chi connectivity index (χ2n) is 13.5. The Hall–Kier alpha value is -5.23. The van der Waals surface area contributed by atoms with Gasteiger partial charge in [0.05, 0.1) is 28.3 Å². The molecule has 1 spiro atoms. The smallest absolute Gasteiger partial charge is 0.264 e. The van der Waals surface area contributed by atoms with Gasteiger partial charge in [0.25, 0.3) is 20.0 Å². The second-order valence-corrected chi connectivity index (χ2v) is 17.3. The number of carbonyl (C=O) groups excluding carboxylic acids is 3. The molecule has 54 heavy (non-hydrogen) atoms. The summed E-state index contributed by atoms with van der Waals surface area (Å²) in [5.74, 6) is -1.65. The van der Waals surface area contributed by atoms with Gasteiger partial charge in [0.2, 0.25) is 17.7 Å². The predicted molar refractivity (Wildman–Crippen MR) is 205 cm³/mol. The van der Waals surface area contributed by atoms with Gasteiger partial charge >= 0.3 is 0 Å². The lowest BCUT2D eigenvalue weighted by atomic mass is 9.73. The van der Waals surface area contributed by atoms with Crippen molar-refractivity contribution >= 4 is 65.6 Å². The maximum Gasteiger partial charge on any atom is 0.264 e. The number of nitrogens with one attached hydrogen (secondary N) is 2. The van der Waals surface area contributed by atoms with Crippen molar-refractivity contribution in [3.63, 3.8) is 0 Å². The van der Waals surface area contributed by atoms with Crippen LogP contribution in [-0.4, -0.2) is 92.4 Å². The highest BCUT2D eigenvalue weighted by Crippen LogP contribution is 2.39. The first kappa shape index (κ1) is 38.5. The van der Waals surface area contributed by atoms with Crippen molar-refractivity contribution in [2.75, 3.05) is 66.9 Å². The number of ether oxygens (including phenoxy) is 1. The first-order chi connectivity index (χ1) is 25.7. The molecule has 2 saturated heterocycles. The van der Waals surface area contributed by atoms with Crippen molar-refractivity contribution < 1.29 is 36.0 Å². The summed E-state index contributed by atoms with van der Waals surface area (Å²) in [6.45, 7) is 3.20. The molecule has 17 heteroatoms. The molecule has 0 atom stereocenters. The van der Waals surface area contributed by atoms with E-state index in [0.717, 1.165) is 47.6 Å². The number of methoxy groups -OCH3 is 1. The maximum atomic E-state index is 14.2.